The molecule has 12 nitrogen and oxygen atoms in total. The molecule has 0 aromatic rings. The molecule has 0 radical (unpaired) electrons. The fourth-order valence-electron chi connectivity index (χ4n) is 9.57. The minimum absolute atomic E-state index is 0.00199. The number of Topliss-reactive ketones (excluding diaryl/α,β-unsaturated/α-hetero) is 1. The van der Waals surface area contributed by atoms with Crippen molar-refractivity contribution in [1.29, 1.82) is 0 Å². The molecule has 3 saturated heterocycles. The van der Waals surface area contributed by atoms with Crippen molar-refractivity contribution < 1.29 is 41.2 Å². The molecule has 3 aliphatic carbocycles. The van der Waals surface area contributed by atoms with Crippen molar-refractivity contribution in [3.8, 4) is 0 Å². The van der Waals surface area contributed by atoms with Gasteiger partial charge in [-0.2, -0.15) is 0 Å². The van der Waals surface area contributed by atoms with Gasteiger partial charge in [-0.25, -0.2) is 22.0 Å². The highest BCUT2D eigenvalue weighted by Crippen LogP contribution is 2.65. The van der Waals surface area contributed by atoms with Crippen LogP contribution >= 0.6 is 0 Å². The number of piperidine rings is 1. The van der Waals surface area contributed by atoms with E-state index in [1.165, 1.54) is 4.90 Å². The molecule has 0 bridgehead atoms. The number of nitrogens with one attached hydrogen (secondary N) is 4. The third kappa shape index (κ3) is 8.22. The monoisotopic (exact) mass is 739 g/mol. The lowest BCUT2D eigenvalue weighted by Gasteiger charge is -2.42. The van der Waals surface area contributed by atoms with Gasteiger partial charge in [0.15, 0.2) is 9.84 Å². The number of carbonyl (C=O) groups excluding carboxylic acids is 5. The summed E-state index contributed by atoms with van der Waals surface area (Å²) in [5, 5.41) is 10.5. The van der Waals surface area contributed by atoms with E-state index in [2.05, 4.69) is 21.3 Å². The van der Waals surface area contributed by atoms with Gasteiger partial charge in [-0.15, -0.1) is 0 Å². The van der Waals surface area contributed by atoms with Crippen LogP contribution in [0.25, 0.3) is 0 Å². The van der Waals surface area contributed by atoms with E-state index in [1.807, 2.05) is 13.8 Å². The number of sulfone groups is 1. The number of hydrogen-bond acceptors (Lipinski definition) is 7. The molecule has 5 amide bonds. The van der Waals surface area contributed by atoms with Gasteiger partial charge >= 0.3 is 6.03 Å². The minimum Gasteiger partial charge on any atom is -0.347 e. The fourth-order valence-corrected chi connectivity index (χ4v) is 11.9. The molecule has 1 unspecified atom stereocenters. The summed E-state index contributed by atoms with van der Waals surface area (Å²) in [7, 11) is -3.42. The molecule has 0 aromatic heterocycles. The average molecular weight is 740 g/mol. The first kappa shape index (κ1) is 37.9. The molecule has 0 spiro atoms. The molecule has 6 aliphatic rings. The quantitative estimate of drug-likeness (QED) is 0.302. The van der Waals surface area contributed by atoms with Crippen LogP contribution in [0, 0.1) is 17.3 Å². The van der Waals surface area contributed by atoms with Crippen molar-refractivity contribution in [3.05, 3.63) is 0 Å². The van der Waals surface area contributed by atoms with Crippen LogP contribution in [0.5, 0.6) is 0 Å². The van der Waals surface area contributed by atoms with E-state index in [9.17, 15) is 41.2 Å². The standard InChI is InChI=1S/C36H55F2N5O7S/c1-34(2)23-21-43-28(27(23)34)30(45)40-24(29(44)31(46)39-22-14-15-22)11-4-8-18-36(37,38)19-9-5-12-25(32(43)47)41-33(48)42-35(16-6-3-7-17-35)26-13-10-20-51(26,49)50/h22-28H,3-21H2,1-2H3,(H,39,46)(H,40,45)(H2,41,42,48)/t23-,24-,25-,26?,27-,28-/m0/s1. The number of rotatable bonds is 6. The Bertz CT molecular complexity index is 1500. The number of ketones is 1. The number of alkyl halides is 2. The van der Waals surface area contributed by atoms with E-state index in [4.69, 9.17) is 0 Å². The molecular formula is C36H55F2N5O7S. The third-order valence-corrected chi connectivity index (χ3v) is 15.2. The lowest BCUT2D eigenvalue weighted by atomic mass is 9.78. The number of carbonyl (C=O) groups is 5. The van der Waals surface area contributed by atoms with Crippen LogP contribution in [0.15, 0.2) is 0 Å². The molecule has 6 atom stereocenters. The van der Waals surface area contributed by atoms with E-state index >= 15 is 0 Å². The van der Waals surface area contributed by atoms with Crippen LogP contribution in [0.1, 0.15) is 123 Å². The Balaban J connectivity index is 1.24. The van der Waals surface area contributed by atoms with Crippen LogP contribution in [-0.4, -0.2) is 96.0 Å². The number of hydrogen-bond donors (Lipinski definition) is 4. The lowest BCUT2D eigenvalue weighted by Crippen LogP contribution is -2.63. The van der Waals surface area contributed by atoms with E-state index in [0.717, 1.165) is 32.1 Å². The maximum Gasteiger partial charge on any atom is 0.315 e. The Hall–Kier alpha value is -2.84. The molecule has 3 saturated carbocycles. The van der Waals surface area contributed by atoms with Gasteiger partial charge in [-0.05, 0) is 81.5 Å². The van der Waals surface area contributed by atoms with Crippen LogP contribution in [0.2, 0.25) is 0 Å². The Morgan fingerprint density at radius 3 is 2.10 bits per heavy atom. The largest absolute Gasteiger partial charge is 0.347 e. The van der Waals surface area contributed by atoms with Crippen LogP contribution in [0.3, 0.4) is 0 Å². The molecule has 0 aromatic carbocycles. The van der Waals surface area contributed by atoms with Crippen molar-refractivity contribution in [1.82, 2.24) is 26.2 Å². The topological polar surface area (TPSA) is 171 Å². The number of fused-ring (bicyclic) bond motifs is 3. The normalized spacial score (nSPS) is 34.7. The summed E-state index contributed by atoms with van der Waals surface area (Å²) < 4.78 is 56.0. The Labute approximate surface area is 299 Å². The van der Waals surface area contributed by atoms with Gasteiger partial charge < -0.3 is 26.2 Å². The first-order valence-corrected chi connectivity index (χ1v) is 20.9. The summed E-state index contributed by atoms with van der Waals surface area (Å²) in [4.78, 5) is 69.8. The van der Waals surface area contributed by atoms with E-state index in [0.29, 0.717) is 25.7 Å². The van der Waals surface area contributed by atoms with Crippen molar-refractivity contribution in [2.24, 2.45) is 17.3 Å². The number of halogens is 2. The molecule has 6 rings (SSSR count). The molecule has 286 valence electrons. The highest BCUT2D eigenvalue weighted by atomic mass is 32.2. The van der Waals surface area contributed by atoms with Crippen molar-refractivity contribution >= 4 is 39.4 Å². The number of urea groups is 1. The van der Waals surface area contributed by atoms with Crippen LogP contribution < -0.4 is 21.3 Å². The third-order valence-electron chi connectivity index (χ3n) is 12.8. The summed E-state index contributed by atoms with van der Waals surface area (Å²) in [5.74, 6) is -5.87. The Morgan fingerprint density at radius 2 is 1.47 bits per heavy atom. The molecule has 6 fully saturated rings. The van der Waals surface area contributed by atoms with Crippen molar-refractivity contribution in [2.75, 3.05) is 12.3 Å². The second kappa shape index (κ2) is 14.5. The number of nitrogens with zero attached hydrogens (tertiary/aromatic N) is 1. The van der Waals surface area contributed by atoms with Gasteiger partial charge in [-0.3, -0.25) is 19.2 Å². The van der Waals surface area contributed by atoms with Gasteiger partial charge in [-0.1, -0.05) is 46.0 Å². The first-order valence-electron chi connectivity index (χ1n) is 19.2. The van der Waals surface area contributed by atoms with Crippen molar-refractivity contribution in [2.45, 2.75) is 164 Å². The summed E-state index contributed by atoms with van der Waals surface area (Å²) in [6.07, 6.45) is 5.85. The molecule has 3 aliphatic heterocycles. The lowest BCUT2D eigenvalue weighted by molar-refractivity contribution is -0.144. The predicted octanol–water partition coefficient (Wildman–Crippen LogP) is 3.52. The smallest absolute Gasteiger partial charge is 0.315 e. The second-order valence-electron chi connectivity index (χ2n) is 16.8. The molecular weight excluding hydrogens is 684 g/mol. The van der Waals surface area contributed by atoms with Gasteiger partial charge in [0.2, 0.25) is 23.5 Å². The molecule has 3 heterocycles. The highest BCUT2D eigenvalue weighted by molar-refractivity contribution is 7.92. The van der Waals surface area contributed by atoms with Gasteiger partial charge in [0, 0.05) is 25.4 Å². The van der Waals surface area contributed by atoms with Gasteiger partial charge in [0.25, 0.3) is 5.91 Å². The summed E-state index contributed by atoms with van der Waals surface area (Å²) >= 11 is 0. The Morgan fingerprint density at radius 1 is 0.824 bits per heavy atom. The Kier molecular flexibility index (Phi) is 10.8. The summed E-state index contributed by atoms with van der Waals surface area (Å²) in [6.45, 7) is 4.29. The zero-order valence-electron chi connectivity index (χ0n) is 29.9. The first-order chi connectivity index (χ1) is 24.0. The number of amides is 5. The summed E-state index contributed by atoms with van der Waals surface area (Å²) in [5.41, 5.74) is -1.22. The fraction of sp³-hybridized carbons (Fsp3) is 0.861. The molecule has 4 N–H and O–H groups in total. The molecule has 51 heavy (non-hydrogen) atoms. The van der Waals surface area contributed by atoms with Crippen LogP contribution in [0.4, 0.5) is 13.6 Å². The van der Waals surface area contributed by atoms with Crippen molar-refractivity contribution in [3.63, 3.8) is 0 Å². The maximum atomic E-state index is 14.9. The van der Waals surface area contributed by atoms with Gasteiger partial charge in [0.1, 0.15) is 12.1 Å². The summed E-state index contributed by atoms with van der Waals surface area (Å²) in [6, 6.07) is -4.10. The van der Waals surface area contributed by atoms with E-state index in [1.54, 1.807) is 0 Å². The van der Waals surface area contributed by atoms with Crippen LogP contribution in [-0.2, 0) is 29.0 Å². The zero-order valence-corrected chi connectivity index (χ0v) is 30.8. The van der Waals surface area contributed by atoms with E-state index < -0.39 is 87.1 Å². The SMILES string of the molecule is CC1(C)[C@@H]2[C@H]3C(=O)N[C@H](C(=O)C(=O)NC4CC4)CCCCC(F)(F)CCCC[C@H](NC(=O)NC4(C5CCCS5(=O)=O)CCCCC4)C(=O)N3C[C@@H]21. The zero-order chi connectivity index (χ0) is 36.8. The molecule has 15 heteroatoms. The maximum absolute atomic E-state index is 14.9. The van der Waals surface area contributed by atoms with Gasteiger partial charge in [0.05, 0.1) is 22.6 Å². The highest BCUT2D eigenvalue weighted by Gasteiger charge is 2.69. The predicted molar refractivity (Wildman–Crippen MR) is 184 cm³/mol. The second-order valence-corrected chi connectivity index (χ2v) is 19.1. The minimum atomic E-state index is -3.42. The average Bonchev–Trinajstić information content (AvgIpc) is 3.85. The van der Waals surface area contributed by atoms with E-state index in [-0.39, 0.29) is 74.1 Å².